The van der Waals surface area contributed by atoms with E-state index >= 15 is 4.79 Å². The van der Waals surface area contributed by atoms with Crippen LogP contribution in [0.4, 0.5) is 11.4 Å². The summed E-state index contributed by atoms with van der Waals surface area (Å²) >= 11 is 0. The summed E-state index contributed by atoms with van der Waals surface area (Å²) in [5.41, 5.74) is 3.86. The fourth-order valence-electron chi connectivity index (χ4n) is 9.13. The van der Waals surface area contributed by atoms with E-state index in [1.165, 1.54) is 5.19 Å². The summed E-state index contributed by atoms with van der Waals surface area (Å²) in [6, 6.07) is 40.3. The van der Waals surface area contributed by atoms with Crippen molar-refractivity contribution in [2.75, 3.05) is 24.4 Å². The van der Waals surface area contributed by atoms with Crippen LogP contribution in [0.1, 0.15) is 52.2 Å². The Bertz CT molecular complexity index is 2420. The standard InChI is InChI=1S/C47H49N5O6Si/c1-31-44(59(4,5)38-25-23-37(57-3)24-26-38)42(27-28-51-30-40(49-50-51)43(53)33-11-7-6-8-12-33)58-47(31)39-13-9-10-14-41(39)52(46(47)55)29-32-15-19-35(20-16-32)48-45(54)34-17-21-36(56-2)22-18-34/h6-26,30-31,42-44,53H,27-29H2,1-5H3,(H,48,54)/t31-,42+,43-,44-,47+/m1/s1. The number of rotatable bonds is 13. The second-order valence-electron chi connectivity index (χ2n) is 16.0. The first-order valence-corrected chi connectivity index (χ1v) is 23.0. The van der Waals surface area contributed by atoms with Crippen LogP contribution in [0.5, 0.6) is 11.5 Å². The first-order valence-electron chi connectivity index (χ1n) is 19.9. The zero-order chi connectivity index (χ0) is 41.3. The number of aryl methyl sites for hydroxylation is 1. The maximum atomic E-state index is 15.2. The van der Waals surface area contributed by atoms with Gasteiger partial charge in [-0.1, -0.05) is 103 Å². The van der Waals surface area contributed by atoms with Crippen LogP contribution in [0.2, 0.25) is 18.6 Å². The number of hydrogen-bond donors (Lipinski definition) is 2. The number of nitrogens with one attached hydrogen (secondary N) is 1. The van der Waals surface area contributed by atoms with Gasteiger partial charge in [-0.15, -0.1) is 5.10 Å². The third-order valence-electron chi connectivity index (χ3n) is 12.2. The zero-order valence-electron chi connectivity index (χ0n) is 33.9. The summed E-state index contributed by atoms with van der Waals surface area (Å²) in [5.74, 6) is 1.00. The van der Waals surface area contributed by atoms with E-state index in [9.17, 15) is 9.90 Å². The number of fused-ring (bicyclic) bond motifs is 2. The number of benzene rings is 5. The average molecular weight is 808 g/mol. The monoisotopic (exact) mass is 807 g/mol. The van der Waals surface area contributed by atoms with Crippen LogP contribution in [-0.4, -0.2) is 60.3 Å². The highest BCUT2D eigenvalue weighted by Crippen LogP contribution is 2.60. The molecule has 1 saturated heterocycles. The van der Waals surface area contributed by atoms with Gasteiger partial charge in [0.1, 0.15) is 23.3 Å². The molecule has 3 heterocycles. The number of hydrogen-bond acceptors (Lipinski definition) is 8. The van der Waals surface area contributed by atoms with E-state index in [-0.39, 0.29) is 29.4 Å². The second kappa shape index (κ2) is 16.3. The molecular formula is C47H49N5O6Si. The number of amides is 2. The SMILES string of the molecule is COc1ccc(C(=O)Nc2ccc(CN3C(=O)[C@@]4(O[C@@H](CCn5cc([C@H](O)c6ccccc6)nn5)[C@H]([Si](C)(C)c5ccc(OC)cc5)[C@H]4C)c4ccccc43)cc2)cc1. The number of aliphatic hydroxyl groups excluding tert-OH is 1. The van der Waals surface area contributed by atoms with Crippen LogP contribution in [-0.2, 0) is 28.2 Å². The van der Waals surface area contributed by atoms with E-state index in [1.807, 2.05) is 95.9 Å². The molecule has 1 spiro atoms. The van der Waals surface area contributed by atoms with Crippen molar-refractivity contribution in [1.82, 2.24) is 15.0 Å². The molecule has 0 unspecified atom stereocenters. The lowest BCUT2D eigenvalue weighted by Gasteiger charge is -2.37. The van der Waals surface area contributed by atoms with Gasteiger partial charge in [0.05, 0.1) is 46.8 Å². The Morgan fingerprint density at radius 3 is 2.20 bits per heavy atom. The van der Waals surface area contributed by atoms with Crippen LogP contribution in [0.25, 0.3) is 0 Å². The Labute approximate surface area is 345 Å². The lowest BCUT2D eigenvalue weighted by atomic mass is 9.82. The summed E-state index contributed by atoms with van der Waals surface area (Å²) in [6.07, 6.45) is 1.21. The van der Waals surface area contributed by atoms with Gasteiger partial charge in [-0.3, -0.25) is 14.3 Å². The Morgan fingerprint density at radius 2 is 1.53 bits per heavy atom. The van der Waals surface area contributed by atoms with E-state index in [2.05, 4.69) is 47.8 Å². The number of carbonyl (C=O) groups excluding carboxylic acids is 2. The van der Waals surface area contributed by atoms with Crippen molar-refractivity contribution in [2.24, 2.45) is 5.92 Å². The number of carbonyl (C=O) groups is 2. The maximum absolute atomic E-state index is 15.2. The van der Waals surface area contributed by atoms with Crippen molar-refractivity contribution in [2.45, 2.75) is 62.9 Å². The molecule has 302 valence electrons. The van der Waals surface area contributed by atoms with Gasteiger partial charge in [-0.2, -0.15) is 0 Å². The molecule has 12 heteroatoms. The van der Waals surface area contributed by atoms with E-state index in [4.69, 9.17) is 14.2 Å². The topological polar surface area (TPSA) is 128 Å². The minimum atomic E-state index is -2.37. The molecule has 1 fully saturated rings. The summed E-state index contributed by atoms with van der Waals surface area (Å²) in [6.45, 7) is 7.75. The van der Waals surface area contributed by atoms with Gasteiger partial charge in [0.25, 0.3) is 11.8 Å². The van der Waals surface area contributed by atoms with Crippen molar-refractivity contribution in [1.29, 1.82) is 0 Å². The highest BCUT2D eigenvalue weighted by molar-refractivity contribution is 6.91. The molecule has 2 aliphatic rings. The number of aliphatic hydroxyl groups is 1. The number of anilines is 2. The quantitative estimate of drug-likeness (QED) is 0.115. The Hall–Kier alpha value is -6.08. The Morgan fingerprint density at radius 1 is 0.881 bits per heavy atom. The Balaban J connectivity index is 1.07. The molecule has 0 saturated carbocycles. The predicted octanol–water partition coefficient (Wildman–Crippen LogP) is 7.48. The van der Waals surface area contributed by atoms with Crippen molar-refractivity contribution in [3.63, 3.8) is 0 Å². The number of para-hydroxylation sites is 1. The van der Waals surface area contributed by atoms with Crippen molar-refractivity contribution in [3.05, 3.63) is 162 Å². The maximum Gasteiger partial charge on any atom is 0.264 e. The smallest absolute Gasteiger partial charge is 0.264 e. The van der Waals surface area contributed by atoms with E-state index < -0.39 is 19.8 Å². The highest BCUT2D eigenvalue weighted by Gasteiger charge is 2.66. The lowest BCUT2D eigenvalue weighted by Crippen LogP contribution is -2.51. The first-order chi connectivity index (χ1) is 28.5. The number of nitrogens with zero attached hydrogens (tertiary/aromatic N) is 4. The molecule has 11 nitrogen and oxygen atoms in total. The predicted molar refractivity (Wildman–Crippen MR) is 230 cm³/mol. The summed E-state index contributed by atoms with van der Waals surface area (Å²) in [5, 5.41) is 24.0. The number of methoxy groups -OCH3 is 2. The van der Waals surface area contributed by atoms with Crippen LogP contribution >= 0.6 is 0 Å². The van der Waals surface area contributed by atoms with Gasteiger partial charge in [-0.25, -0.2) is 0 Å². The van der Waals surface area contributed by atoms with E-state index in [0.717, 1.165) is 28.1 Å². The molecule has 5 atom stereocenters. The normalized spacial score (nSPS) is 20.4. The van der Waals surface area contributed by atoms with E-state index in [0.29, 0.717) is 42.2 Å². The van der Waals surface area contributed by atoms with Crippen LogP contribution in [0.3, 0.4) is 0 Å². The fourth-order valence-corrected chi connectivity index (χ4v) is 13.2. The zero-order valence-corrected chi connectivity index (χ0v) is 34.9. The molecule has 2 N–H and O–H groups in total. The molecule has 8 rings (SSSR count). The van der Waals surface area contributed by atoms with E-state index in [1.54, 1.807) is 49.4 Å². The van der Waals surface area contributed by atoms with Gasteiger partial charge in [0, 0.05) is 29.3 Å². The minimum Gasteiger partial charge on any atom is -0.497 e. The van der Waals surface area contributed by atoms with Crippen molar-refractivity contribution >= 4 is 36.4 Å². The third kappa shape index (κ3) is 7.43. The molecule has 6 aromatic rings. The summed E-state index contributed by atoms with van der Waals surface area (Å²) < 4.78 is 19.8. The molecule has 0 radical (unpaired) electrons. The molecule has 5 aromatic carbocycles. The van der Waals surface area contributed by atoms with Gasteiger partial charge in [-0.05, 0) is 77.7 Å². The van der Waals surface area contributed by atoms with Gasteiger partial charge in [0.15, 0.2) is 5.60 Å². The van der Waals surface area contributed by atoms with Crippen LogP contribution in [0.15, 0.2) is 134 Å². The van der Waals surface area contributed by atoms with Gasteiger partial charge in [0.2, 0.25) is 0 Å². The number of aromatic nitrogens is 3. The molecular weight excluding hydrogens is 759 g/mol. The van der Waals surface area contributed by atoms with Crippen LogP contribution in [0, 0.1) is 5.92 Å². The van der Waals surface area contributed by atoms with Crippen LogP contribution < -0.4 is 24.9 Å². The molecule has 0 aliphatic carbocycles. The number of ether oxygens (including phenoxy) is 3. The lowest BCUT2D eigenvalue weighted by molar-refractivity contribution is -0.146. The largest absolute Gasteiger partial charge is 0.497 e. The second-order valence-corrected chi connectivity index (χ2v) is 20.6. The molecule has 2 amide bonds. The van der Waals surface area contributed by atoms with Gasteiger partial charge < -0.3 is 29.5 Å². The average Bonchev–Trinajstić information content (AvgIpc) is 3.94. The first kappa shape index (κ1) is 39.7. The summed E-state index contributed by atoms with van der Waals surface area (Å²) in [4.78, 5) is 30.0. The molecule has 0 bridgehead atoms. The van der Waals surface area contributed by atoms with Crippen molar-refractivity contribution in [3.8, 4) is 11.5 Å². The van der Waals surface area contributed by atoms with Crippen molar-refractivity contribution < 1.29 is 28.9 Å². The molecule has 2 aliphatic heterocycles. The summed E-state index contributed by atoms with van der Waals surface area (Å²) in [7, 11) is 0.888. The fraction of sp³-hybridized carbons (Fsp3) is 0.277. The minimum absolute atomic E-state index is 0.0411. The Kier molecular flexibility index (Phi) is 11.0. The highest BCUT2D eigenvalue weighted by atomic mass is 28.3. The third-order valence-corrected chi connectivity index (χ3v) is 16.6. The van der Waals surface area contributed by atoms with Gasteiger partial charge >= 0.3 is 0 Å². The molecule has 59 heavy (non-hydrogen) atoms. The molecule has 1 aromatic heterocycles.